The first kappa shape index (κ1) is 17.0. The van der Waals surface area contributed by atoms with E-state index in [-0.39, 0.29) is 17.9 Å². The molecule has 0 radical (unpaired) electrons. The number of nitrogens with zero attached hydrogens (tertiary/aromatic N) is 2. The molecule has 0 aliphatic carbocycles. The quantitative estimate of drug-likeness (QED) is 0.853. The maximum absolute atomic E-state index is 11.9. The number of aryl methyl sites for hydroxylation is 1. The molecule has 0 fully saturated rings. The molecule has 0 unspecified atom stereocenters. The van der Waals surface area contributed by atoms with Crippen LogP contribution in [0.4, 0.5) is 10.5 Å². The van der Waals surface area contributed by atoms with E-state index in [1.807, 2.05) is 24.3 Å². The van der Waals surface area contributed by atoms with E-state index in [9.17, 15) is 4.79 Å². The molecule has 7 nitrogen and oxygen atoms in total. The van der Waals surface area contributed by atoms with Crippen molar-refractivity contribution in [3.8, 4) is 5.88 Å². The van der Waals surface area contributed by atoms with Crippen molar-refractivity contribution in [3.63, 3.8) is 0 Å². The topological polar surface area (TPSA) is 98.8 Å². The highest BCUT2D eigenvalue weighted by atomic mass is 35.5. The molecule has 1 aromatic heterocycles. The second-order valence-electron chi connectivity index (χ2n) is 5.49. The van der Waals surface area contributed by atoms with Crippen molar-refractivity contribution in [2.45, 2.75) is 18.9 Å². The molecule has 2 aromatic rings. The van der Waals surface area contributed by atoms with E-state index >= 15 is 0 Å². The summed E-state index contributed by atoms with van der Waals surface area (Å²) in [4.78, 5) is 19.9. The van der Waals surface area contributed by atoms with Crippen molar-refractivity contribution in [1.82, 2.24) is 4.98 Å². The minimum absolute atomic E-state index is 0.109. The fourth-order valence-electron chi connectivity index (χ4n) is 2.35. The van der Waals surface area contributed by atoms with Crippen molar-refractivity contribution in [1.29, 1.82) is 0 Å². The first-order chi connectivity index (χ1) is 12.1. The molecule has 0 spiro atoms. The van der Waals surface area contributed by atoms with Gasteiger partial charge in [-0.05, 0) is 36.6 Å². The fourth-order valence-corrected chi connectivity index (χ4v) is 2.50. The van der Waals surface area contributed by atoms with Crippen LogP contribution in [-0.4, -0.2) is 29.7 Å². The normalized spacial score (nSPS) is 16.0. The summed E-state index contributed by atoms with van der Waals surface area (Å²) in [6.45, 7) is 0.537. The molecule has 1 amide bonds. The van der Waals surface area contributed by atoms with E-state index in [4.69, 9.17) is 26.8 Å². The number of aromatic nitrogens is 1. The highest BCUT2D eigenvalue weighted by molar-refractivity contribution is 6.30. The Morgan fingerprint density at radius 3 is 2.84 bits per heavy atom. The lowest BCUT2D eigenvalue weighted by molar-refractivity contribution is 0.213. The Balaban J connectivity index is 1.49. The van der Waals surface area contributed by atoms with Crippen molar-refractivity contribution in [2.75, 3.05) is 11.9 Å². The van der Waals surface area contributed by atoms with Crippen LogP contribution in [0.15, 0.2) is 47.6 Å². The lowest BCUT2D eigenvalue weighted by Gasteiger charge is -2.08. The summed E-state index contributed by atoms with van der Waals surface area (Å²) >= 11 is 5.82. The zero-order chi connectivity index (χ0) is 17.6. The Labute approximate surface area is 149 Å². The number of amidine groups is 1. The molecule has 0 saturated carbocycles. The zero-order valence-corrected chi connectivity index (χ0v) is 14.1. The molecule has 2 heterocycles. The summed E-state index contributed by atoms with van der Waals surface area (Å²) in [5, 5.41) is 3.08. The Morgan fingerprint density at radius 2 is 2.16 bits per heavy atom. The minimum atomic E-state index is -0.629. The van der Waals surface area contributed by atoms with Crippen LogP contribution < -0.4 is 15.8 Å². The van der Waals surface area contributed by atoms with Crippen LogP contribution in [0.3, 0.4) is 0 Å². The number of halogens is 1. The highest BCUT2D eigenvalue weighted by Gasteiger charge is 2.16. The van der Waals surface area contributed by atoms with Gasteiger partial charge in [-0.15, -0.1) is 0 Å². The van der Waals surface area contributed by atoms with Crippen molar-refractivity contribution in [2.24, 2.45) is 10.7 Å². The van der Waals surface area contributed by atoms with E-state index in [1.54, 1.807) is 6.07 Å². The summed E-state index contributed by atoms with van der Waals surface area (Å²) in [7, 11) is 0. The highest BCUT2D eigenvalue weighted by Crippen LogP contribution is 2.16. The van der Waals surface area contributed by atoms with Crippen molar-refractivity contribution >= 4 is 29.4 Å². The Bertz CT molecular complexity index is 780. The summed E-state index contributed by atoms with van der Waals surface area (Å²) in [5.74, 6) is 0.139. The average Bonchev–Trinajstić information content (AvgIpc) is 2.99. The van der Waals surface area contributed by atoms with Crippen LogP contribution in [0.1, 0.15) is 12.0 Å². The summed E-state index contributed by atoms with van der Waals surface area (Å²) in [6, 6.07) is 10.9. The molecule has 3 N–H and O–H groups in total. The molecule has 0 bridgehead atoms. The van der Waals surface area contributed by atoms with Crippen molar-refractivity contribution < 1.29 is 14.3 Å². The summed E-state index contributed by atoms with van der Waals surface area (Å²) < 4.78 is 10.2. The number of nitrogens with one attached hydrogen (secondary N) is 1. The third-order valence-electron chi connectivity index (χ3n) is 3.59. The van der Waals surface area contributed by atoms with Gasteiger partial charge in [0.25, 0.3) is 6.02 Å². The number of nitrogens with two attached hydrogens (primary N) is 1. The number of anilines is 1. The number of amides is 1. The number of carbonyl (C=O) groups excluding carboxylic acids is 1. The van der Waals surface area contributed by atoms with Crippen molar-refractivity contribution in [3.05, 3.63) is 53.2 Å². The van der Waals surface area contributed by atoms with Gasteiger partial charge < -0.3 is 15.2 Å². The lowest BCUT2D eigenvalue weighted by atomic mass is 10.1. The number of hydrogen-bond acceptors (Lipinski definition) is 6. The Hall–Kier alpha value is -2.80. The largest absolute Gasteiger partial charge is 0.463 e. The second-order valence-corrected chi connectivity index (χ2v) is 5.93. The number of rotatable bonds is 5. The minimum Gasteiger partial charge on any atom is -0.463 e. The Morgan fingerprint density at radius 1 is 1.36 bits per heavy atom. The van der Waals surface area contributed by atoms with Crippen LogP contribution in [0.5, 0.6) is 5.88 Å². The lowest BCUT2D eigenvalue weighted by Crippen LogP contribution is -2.17. The van der Waals surface area contributed by atoms with Crippen LogP contribution in [0.25, 0.3) is 0 Å². The molecule has 1 aliphatic heterocycles. The molecule has 1 atom stereocenters. The van der Waals surface area contributed by atoms with E-state index in [1.165, 1.54) is 12.3 Å². The molecular formula is C17H17ClN4O3. The predicted octanol–water partition coefficient (Wildman–Crippen LogP) is 2.99. The van der Waals surface area contributed by atoms with Gasteiger partial charge in [-0.3, -0.25) is 5.32 Å². The first-order valence-corrected chi connectivity index (χ1v) is 8.12. The van der Waals surface area contributed by atoms with Gasteiger partial charge in [0.2, 0.25) is 5.88 Å². The summed E-state index contributed by atoms with van der Waals surface area (Å²) in [5.41, 5.74) is 7.25. The van der Waals surface area contributed by atoms with Gasteiger partial charge in [0.05, 0.1) is 6.04 Å². The molecule has 1 aromatic carbocycles. The van der Waals surface area contributed by atoms with Gasteiger partial charge in [0, 0.05) is 23.0 Å². The maximum Gasteiger partial charge on any atom is 0.418 e. The molecule has 8 heteroatoms. The molecule has 3 rings (SSSR count). The molecular weight excluding hydrogens is 344 g/mol. The number of pyridine rings is 1. The SMILES string of the molecule is NC1=N[C@@H](CCc2ccc(NC(=O)Oc3cc(Cl)ccn3)cc2)CO1. The van der Waals surface area contributed by atoms with E-state index in [0.717, 1.165) is 18.4 Å². The van der Waals surface area contributed by atoms with Crippen LogP contribution in [0, 0.1) is 0 Å². The average molecular weight is 361 g/mol. The molecule has 25 heavy (non-hydrogen) atoms. The first-order valence-electron chi connectivity index (χ1n) is 7.74. The van der Waals surface area contributed by atoms with E-state index in [2.05, 4.69) is 15.3 Å². The predicted molar refractivity (Wildman–Crippen MR) is 95.0 cm³/mol. The maximum atomic E-state index is 11.9. The van der Waals surface area contributed by atoms with Gasteiger partial charge in [-0.1, -0.05) is 23.7 Å². The number of aliphatic imine (C=N–C) groups is 1. The van der Waals surface area contributed by atoms with Crippen LogP contribution in [-0.2, 0) is 11.2 Å². The number of hydrogen-bond donors (Lipinski definition) is 2. The smallest absolute Gasteiger partial charge is 0.418 e. The summed E-state index contributed by atoms with van der Waals surface area (Å²) in [6.07, 6.45) is 2.54. The monoisotopic (exact) mass is 360 g/mol. The standard InChI is InChI=1S/C17H17ClN4O3/c18-12-7-8-20-15(9-12)25-17(23)22-13-4-1-11(2-5-13)3-6-14-10-24-16(19)21-14/h1-2,4-5,7-9,14H,3,6,10H2,(H2,19,21)(H,22,23)/t14-/m0/s1. The van der Waals surface area contributed by atoms with Gasteiger partial charge in [0.15, 0.2) is 0 Å². The number of carbonyl (C=O) groups is 1. The van der Waals surface area contributed by atoms with Crippen LogP contribution >= 0.6 is 11.6 Å². The second kappa shape index (κ2) is 7.85. The fraction of sp³-hybridized carbons (Fsp3) is 0.235. The van der Waals surface area contributed by atoms with E-state index < -0.39 is 6.09 Å². The molecule has 0 saturated heterocycles. The van der Waals surface area contributed by atoms with Crippen LogP contribution in [0.2, 0.25) is 5.02 Å². The third kappa shape index (κ3) is 5.09. The number of ether oxygens (including phenoxy) is 2. The molecule has 130 valence electrons. The molecule has 1 aliphatic rings. The van der Waals surface area contributed by atoms with Gasteiger partial charge in [-0.25, -0.2) is 14.8 Å². The Kier molecular flexibility index (Phi) is 5.35. The van der Waals surface area contributed by atoms with Gasteiger partial charge >= 0.3 is 6.09 Å². The number of benzene rings is 1. The third-order valence-corrected chi connectivity index (χ3v) is 3.83. The van der Waals surface area contributed by atoms with Gasteiger partial charge in [-0.2, -0.15) is 0 Å². The van der Waals surface area contributed by atoms with Gasteiger partial charge in [0.1, 0.15) is 6.61 Å². The zero-order valence-electron chi connectivity index (χ0n) is 13.3. The van der Waals surface area contributed by atoms with E-state index in [0.29, 0.717) is 17.3 Å².